The van der Waals surface area contributed by atoms with E-state index in [1.807, 2.05) is 19.1 Å². The number of aryl methyl sites for hydroxylation is 1. The monoisotopic (exact) mass is 270 g/mol. The molecule has 0 aliphatic rings. The van der Waals surface area contributed by atoms with Crippen LogP contribution in [0.3, 0.4) is 0 Å². The van der Waals surface area contributed by atoms with Crippen molar-refractivity contribution in [3.05, 3.63) is 47.3 Å². The number of nitrogens with zero attached hydrogens (tertiary/aromatic N) is 1. The van der Waals surface area contributed by atoms with Crippen LogP contribution in [0.4, 0.5) is 5.69 Å². The SMILES string of the molecule is Cc1cc(C#CCCO)cc(NC(=O)c2ccon2)c1. The average Bonchev–Trinajstić information content (AvgIpc) is 2.92. The van der Waals surface area contributed by atoms with Gasteiger partial charge in [0, 0.05) is 23.7 Å². The van der Waals surface area contributed by atoms with Crippen LogP contribution in [-0.4, -0.2) is 22.8 Å². The molecule has 1 aromatic carbocycles. The van der Waals surface area contributed by atoms with Crippen molar-refractivity contribution < 1.29 is 14.4 Å². The minimum atomic E-state index is -0.335. The van der Waals surface area contributed by atoms with Crippen LogP contribution in [0, 0.1) is 18.8 Å². The number of hydrogen-bond donors (Lipinski definition) is 2. The van der Waals surface area contributed by atoms with Gasteiger partial charge in [0.1, 0.15) is 6.26 Å². The second-order valence-corrected chi connectivity index (χ2v) is 4.20. The molecule has 2 aromatic rings. The van der Waals surface area contributed by atoms with Crippen molar-refractivity contribution in [1.29, 1.82) is 0 Å². The Morgan fingerprint density at radius 1 is 1.45 bits per heavy atom. The van der Waals surface area contributed by atoms with Gasteiger partial charge in [-0.25, -0.2) is 0 Å². The van der Waals surface area contributed by atoms with Crippen LogP contribution in [-0.2, 0) is 0 Å². The Bertz CT molecular complexity index is 651. The smallest absolute Gasteiger partial charge is 0.277 e. The van der Waals surface area contributed by atoms with Crippen molar-refractivity contribution in [2.75, 3.05) is 11.9 Å². The zero-order valence-electron chi connectivity index (χ0n) is 11.0. The second kappa shape index (κ2) is 6.55. The third-order valence-corrected chi connectivity index (χ3v) is 2.48. The summed E-state index contributed by atoms with van der Waals surface area (Å²) in [7, 11) is 0. The molecular formula is C15H14N2O3. The first-order valence-corrected chi connectivity index (χ1v) is 6.12. The molecule has 102 valence electrons. The molecule has 0 unspecified atom stereocenters. The van der Waals surface area contributed by atoms with E-state index in [1.165, 1.54) is 12.3 Å². The molecule has 0 aliphatic heterocycles. The number of carbonyl (C=O) groups excluding carboxylic acids is 1. The summed E-state index contributed by atoms with van der Waals surface area (Å²) < 4.78 is 4.63. The number of amides is 1. The van der Waals surface area contributed by atoms with E-state index in [1.54, 1.807) is 6.07 Å². The van der Waals surface area contributed by atoms with E-state index < -0.39 is 0 Å². The Labute approximate surface area is 116 Å². The summed E-state index contributed by atoms with van der Waals surface area (Å²) in [6.45, 7) is 1.96. The fourth-order valence-electron chi connectivity index (χ4n) is 1.67. The lowest BCUT2D eigenvalue weighted by Crippen LogP contribution is -2.12. The van der Waals surface area contributed by atoms with Crippen LogP contribution in [0.15, 0.2) is 35.1 Å². The van der Waals surface area contributed by atoms with Gasteiger partial charge in [-0.05, 0) is 30.7 Å². The molecule has 0 spiro atoms. The first kappa shape index (κ1) is 13.8. The average molecular weight is 270 g/mol. The van der Waals surface area contributed by atoms with Gasteiger partial charge in [0.25, 0.3) is 5.91 Å². The summed E-state index contributed by atoms with van der Waals surface area (Å²) in [4.78, 5) is 11.9. The summed E-state index contributed by atoms with van der Waals surface area (Å²) in [6, 6.07) is 7.02. The number of aliphatic hydroxyl groups is 1. The molecule has 5 heteroatoms. The van der Waals surface area contributed by atoms with Crippen LogP contribution in [0.5, 0.6) is 0 Å². The molecule has 1 heterocycles. The van der Waals surface area contributed by atoms with Crippen LogP contribution in [0.2, 0.25) is 0 Å². The van der Waals surface area contributed by atoms with Crippen molar-refractivity contribution >= 4 is 11.6 Å². The highest BCUT2D eigenvalue weighted by atomic mass is 16.5. The predicted molar refractivity (Wildman–Crippen MR) is 74.2 cm³/mol. The van der Waals surface area contributed by atoms with Gasteiger partial charge in [-0.15, -0.1) is 0 Å². The van der Waals surface area contributed by atoms with E-state index in [4.69, 9.17) is 5.11 Å². The molecule has 0 saturated heterocycles. The molecule has 5 nitrogen and oxygen atoms in total. The molecule has 0 fully saturated rings. The zero-order chi connectivity index (χ0) is 14.4. The third kappa shape index (κ3) is 3.70. The molecule has 0 saturated carbocycles. The normalized spacial score (nSPS) is 9.70. The molecule has 2 rings (SSSR count). The van der Waals surface area contributed by atoms with E-state index >= 15 is 0 Å². The standard InChI is InChI=1S/C15H14N2O3/c1-11-8-12(4-2-3-6-18)10-13(9-11)16-15(19)14-5-7-20-17-14/h5,7-10,18H,3,6H2,1H3,(H,16,19). The van der Waals surface area contributed by atoms with Gasteiger partial charge in [0.15, 0.2) is 5.69 Å². The van der Waals surface area contributed by atoms with Crippen molar-refractivity contribution in [3.8, 4) is 11.8 Å². The quantitative estimate of drug-likeness (QED) is 0.836. The highest BCUT2D eigenvalue weighted by Gasteiger charge is 2.09. The minimum absolute atomic E-state index is 0.0363. The molecule has 0 aliphatic carbocycles. The first-order valence-electron chi connectivity index (χ1n) is 6.12. The van der Waals surface area contributed by atoms with E-state index in [0.29, 0.717) is 12.1 Å². The van der Waals surface area contributed by atoms with Crippen LogP contribution < -0.4 is 5.32 Å². The van der Waals surface area contributed by atoms with Crippen molar-refractivity contribution in [3.63, 3.8) is 0 Å². The number of aromatic nitrogens is 1. The molecule has 0 atom stereocenters. The lowest BCUT2D eigenvalue weighted by atomic mass is 10.1. The predicted octanol–water partition coefficient (Wildman–Crippen LogP) is 1.97. The second-order valence-electron chi connectivity index (χ2n) is 4.20. The Morgan fingerprint density at radius 2 is 2.30 bits per heavy atom. The van der Waals surface area contributed by atoms with Crippen LogP contribution >= 0.6 is 0 Å². The van der Waals surface area contributed by atoms with E-state index in [2.05, 4.69) is 26.8 Å². The highest BCUT2D eigenvalue weighted by molar-refractivity contribution is 6.02. The fraction of sp³-hybridized carbons (Fsp3) is 0.200. The maximum absolute atomic E-state index is 11.9. The number of anilines is 1. The van der Waals surface area contributed by atoms with E-state index in [0.717, 1.165) is 11.1 Å². The molecule has 1 amide bonds. The summed E-state index contributed by atoms with van der Waals surface area (Å²) in [5, 5.41) is 15.0. The van der Waals surface area contributed by atoms with Gasteiger partial charge in [-0.2, -0.15) is 0 Å². The minimum Gasteiger partial charge on any atom is -0.395 e. The van der Waals surface area contributed by atoms with Gasteiger partial charge >= 0.3 is 0 Å². The van der Waals surface area contributed by atoms with Crippen molar-refractivity contribution in [2.24, 2.45) is 0 Å². The van der Waals surface area contributed by atoms with E-state index in [-0.39, 0.29) is 18.2 Å². The number of nitrogens with one attached hydrogen (secondary N) is 1. The zero-order valence-corrected chi connectivity index (χ0v) is 11.0. The number of aliphatic hydroxyl groups excluding tert-OH is 1. The lowest BCUT2D eigenvalue weighted by Gasteiger charge is -2.05. The van der Waals surface area contributed by atoms with Gasteiger partial charge in [-0.3, -0.25) is 4.79 Å². The Hall–Kier alpha value is -2.58. The van der Waals surface area contributed by atoms with Crippen LogP contribution in [0.25, 0.3) is 0 Å². The molecule has 2 N–H and O–H groups in total. The largest absolute Gasteiger partial charge is 0.395 e. The fourth-order valence-corrected chi connectivity index (χ4v) is 1.67. The topological polar surface area (TPSA) is 75.4 Å². The first-order chi connectivity index (χ1) is 9.69. The van der Waals surface area contributed by atoms with Crippen molar-refractivity contribution in [2.45, 2.75) is 13.3 Å². The Kier molecular flexibility index (Phi) is 4.53. The summed E-state index contributed by atoms with van der Waals surface area (Å²) >= 11 is 0. The maximum Gasteiger partial charge on any atom is 0.277 e. The van der Waals surface area contributed by atoms with Crippen LogP contribution in [0.1, 0.15) is 28.0 Å². The Morgan fingerprint density at radius 3 is 3.00 bits per heavy atom. The van der Waals surface area contributed by atoms with E-state index in [9.17, 15) is 4.79 Å². The Balaban J connectivity index is 2.16. The maximum atomic E-state index is 11.9. The molecular weight excluding hydrogens is 256 g/mol. The number of hydrogen-bond acceptors (Lipinski definition) is 4. The highest BCUT2D eigenvalue weighted by Crippen LogP contribution is 2.15. The number of carbonyl (C=O) groups is 1. The van der Waals surface area contributed by atoms with Gasteiger partial charge in [0.2, 0.25) is 0 Å². The molecule has 1 aromatic heterocycles. The molecule has 0 bridgehead atoms. The number of rotatable bonds is 3. The summed E-state index contributed by atoms with van der Waals surface area (Å²) in [5.74, 6) is 5.45. The molecule has 20 heavy (non-hydrogen) atoms. The van der Waals surface area contributed by atoms with Gasteiger partial charge in [0.05, 0.1) is 6.61 Å². The lowest BCUT2D eigenvalue weighted by molar-refractivity contribution is 0.101. The van der Waals surface area contributed by atoms with Gasteiger partial charge < -0.3 is 14.9 Å². The van der Waals surface area contributed by atoms with Gasteiger partial charge in [-0.1, -0.05) is 17.0 Å². The third-order valence-electron chi connectivity index (χ3n) is 2.48. The number of benzene rings is 1. The molecule has 0 radical (unpaired) electrons. The summed E-state index contributed by atoms with van der Waals surface area (Å²) in [6.07, 6.45) is 1.77. The van der Waals surface area contributed by atoms with Crippen molar-refractivity contribution in [1.82, 2.24) is 5.16 Å². The summed E-state index contributed by atoms with van der Waals surface area (Å²) in [5.41, 5.74) is 2.64.